The van der Waals surface area contributed by atoms with Crippen LogP contribution in [0.15, 0.2) is 23.3 Å². The molecule has 2 atom stereocenters. The van der Waals surface area contributed by atoms with Crippen LogP contribution in [-0.2, 0) is 4.74 Å². The molecule has 0 amide bonds. The molecule has 2 unspecified atom stereocenters. The number of ether oxygens (including phenoxy) is 1. The lowest BCUT2D eigenvalue weighted by atomic mass is 9.67. The average molecular weight is 250 g/mol. The zero-order valence-electron chi connectivity index (χ0n) is 12.7. The maximum Gasteiger partial charge on any atom is 0.224 e. The second-order valence-electron chi connectivity index (χ2n) is 7.61. The van der Waals surface area contributed by atoms with E-state index < -0.39 is 11.4 Å². The molecule has 0 spiro atoms. The molecule has 2 rings (SSSR count). The van der Waals surface area contributed by atoms with E-state index in [1.807, 2.05) is 0 Å². The third kappa shape index (κ3) is 1.62. The van der Waals surface area contributed by atoms with Crippen LogP contribution in [0.1, 0.15) is 54.9 Å². The summed E-state index contributed by atoms with van der Waals surface area (Å²) in [6, 6.07) is 0. The van der Waals surface area contributed by atoms with Gasteiger partial charge < -0.3 is 9.84 Å². The van der Waals surface area contributed by atoms with Gasteiger partial charge in [-0.3, -0.25) is 0 Å². The Morgan fingerprint density at radius 3 is 2.11 bits per heavy atom. The van der Waals surface area contributed by atoms with Crippen LogP contribution in [0.5, 0.6) is 0 Å². The molecule has 0 bridgehead atoms. The van der Waals surface area contributed by atoms with Gasteiger partial charge in [0.1, 0.15) is 0 Å². The topological polar surface area (TPSA) is 32.8 Å². The predicted octanol–water partition coefficient (Wildman–Crippen LogP) is 3.81. The highest BCUT2D eigenvalue weighted by atomic mass is 16.8. The smallest absolute Gasteiger partial charge is 0.224 e. The Morgan fingerprint density at radius 2 is 1.72 bits per heavy atom. The minimum atomic E-state index is -1.11. The number of allylic oxidation sites excluding steroid dienone is 2. The molecule has 0 radical (unpaired) electrons. The van der Waals surface area contributed by atoms with Crippen LogP contribution in [0, 0.1) is 10.8 Å². The Morgan fingerprint density at radius 1 is 1.17 bits per heavy atom. The zero-order chi connectivity index (χ0) is 14.0. The first-order valence-corrected chi connectivity index (χ1v) is 6.85. The van der Waals surface area contributed by atoms with Crippen molar-refractivity contribution in [2.45, 2.75) is 66.3 Å². The van der Waals surface area contributed by atoms with Gasteiger partial charge >= 0.3 is 0 Å². The summed E-state index contributed by atoms with van der Waals surface area (Å²) in [5, 5.41) is 10.9. The van der Waals surface area contributed by atoms with Gasteiger partial charge in [-0.05, 0) is 29.1 Å². The minimum absolute atomic E-state index is 0.0869. The Kier molecular flexibility index (Phi) is 2.68. The van der Waals surface area contributed by atoms with Gasteiger partial charge in [-0.1, -0.05) is 54.5 Å². The van der Waals surface area contributed by atoms with E-state index in [1.165, 1.54) is 5.57 Å². The van der Waals surface area contributed by atoms with Crippen molar-refractivity contribution < 1.29 is 9.84 Å². The summed E-state index contributed by atoms with van der Waals surface area (Å²) in [4.78, 5) is 0. The molecule has 2 nitrogen and oxygen atoms in total. The van der Waals surface area contributed by atoms with Crippen LogP contribution in [0.2, 0.25) is 0 Å². The summed E-state index contributed by atoms with van der Waals surface area (Å²) < 4.78 is 5.90. The Bertz CT molecular complexity index is 431. The maximum absolute atomic E-state index is 10.9. The fraction of sp³-hybridized carbons (Fsp3) is 0.750. The molecule has 1 N–H and O–H groups in total. The van der Waals surface area contributed by atoms with Crippen molar-refractivity contribution in [2.75, 3.05) is 0 Å². The number of aliphatic hydroxyl groups is 1. The molecular weight excluding hydrogens is 224 g/mol. The lowest BCUT2D eigenvalue weighted by molar-refractivity contribution is 0.0538. The normalized spacial score (nSPS) is 35.8. The molecule has 102 valence electrons. The summed E-state index contributed by atoms with van der Waals surface area (Å²) in [6.45, 7) is 14.9. The summed E-state index contributed by atoms with van der Waals surface area (Å²) in [6.07, 6.45) is 5.22. The van der Waals surface area contributed by atoms with Crippen LogP contribution in [0.3, 0.4) is 0 Å². The van der Waals surface area contributed by atoms with E-state index in [9.17, 15) is 5.11 Å². The summed E-state index contributed by atoms with van der Waals surface area (Å²) in [5.74, 6) is -1.11. The van der Waals surface area contributed by atoms with Gasteiger partial charge in [0.2, 0.25) is 5.79 Å². The molecule has 1 heterocycles. The highest BCUT2D eigenvalue weighted by Gasteiger charge is 2.77. The van der Waals surface area contributed by atoms with E-state index in [2.05, 4.69) is 60.6 Å². The number of fused-ring (bicyclic) bond motifs is 1. The summed E-state index contributed by atoms with van der Waals surface area (Å²) >= 11 is 0. The van der Waals surface area contributed by atoms with Crippen LogP contribution in [0.4, 0.5) is 0 Å². The van der Waals surface area contributed by atoms with Crippen molar-refractivity contribution >= 4 is 0 Å². The third-order valence-electron chi connectivity index (χ3n) is 4.18. The molecule has 1 saturated heterocycles. The van der Waals surface area contributed by atoms with E-state index >= 15 is 0 Å². The van der Waals surface area contributed by atoms with Crippen molar-refractivity contribution in [3.05, 3.63) is 23.3 Å². The Labute approximate surface area is 111 Å². The monoisotopic (exact) mass is 250 g/mol. The van der Waals surface area contributed by atoms with Gasteiger partial charge in [-0.25, -0.2) is 0 Å². The fourth-order valence-corrected chi connectivity index (χ4v) is 2.98. The lowest BCUT2D eigenvalue weighted by Crippen LogP contribution is -2.42. The summed E-state index contributed by atoms with van der Waals surface area (Å²) in [5.41, 5.74) is 1.51. The van der Waals surface area contributed by atoms with Crippen LogP contribution < -0.4 is 0 Å². The number of hydrogen-bond acceptors (Lipinski definition) is 2. The standard InChI is InChI=1S/C16H26O2/c1-8-11-9-12(13(2,3)4)16(17)15(10-11,18-16)14(5,6)7/h9-10,17H,8H2,1-7H3. The van der Waals surface area contributed by atoms with Crippen molar-refractivity contribution in [2.24, 2.45) is 10.8 Å². The van der Waals surface area contributed by atoms with Gasteiger partial charge in [-0.15, -0.1) is 0 Å². The van der Waals surface area contributed by atoms with E-state index in [1.54, 1.807) is 0 Å². The van der Waals surface area contributed by atoms with Gasteiger partial charge in [0.05, 0.1) is 0 Å². The van der Waals surface area contributed by atoms with Gasteiger partial charge in [0, 0.05) is 5.41 Å². The van der Waals surface area contributed by atoms with E-state index in [4.69, 9.17) is 4.74 Å². The number of hydrogen-bond donors (Lipinski definition) is 1. The SMILES string of the molecule is CCC1=CC2(C(C)(C)C)OC2(O)C(C(C)(C)C)=C1. The maximum atomic E-state index is 10.9. The van der Waals surface area contributed by atoms with Crippen molar-refractivity contribution in [1.29, 1.82) is 0 Å². The Hall–Kier alpha value is -0.600. The highest BCUT2D eigenvalue weighted by molar-refractivity contribution is 5.49. The van der Waals surface area contributed by atoms with E-state index in [0.717, 1.165) is 12.0 Å². The number of epoxide rings is 1. The molecule has 0 aromatic heterocycles. The highest BCUT2D eigenvalue weighted by Crippen LogP contribution is 2.65. The molecule has 18 heavy (non-hydrogen) atoms. The predicted molar refractivity (Wildman–Crippen MR) is 74.1 cm³/mol. The van der Waals surface area contributed by atoms with Crippen molar-refractivity contribution in [3.63, 3.8) is 0 Å². The molecule has 1 fully saturated rings. The lowest BCUT2D eigenvalue weighted by Gasteiger charge is -2.35. The number of rotatable bonds is 1. The fourth-order valence-electron chi connectivity index (χ4n) is 2.98. The first-order chi connectivity index (χ1) is 7.98. The first-order valence-electron chi connectivity index (χ1n) is 6.85. The van der Waals surface area contributed by atoms with Crippen molar-refractivity contribution in [1.82, 2.24) is 0 Å². The van der Waals surface area contributed by atoms with E-state index in [0.29, 0.717) is 0 Å². The first kappa shape index (κ1) is 13.8. The average Bonchev–Trinajstić information content (AvgIpc) is 2.81. The molecule has 1 aliphatic heterocycles. The Balaban J connectivity index is 2.55. The largest absolute Gasteiger partial charge is 0.359 e. The molecule has 0 saturated carbocycles. The molecule has 0 aromatic rings. The van der Waals surface area contributed by atoms with Gasteiger partial charge in [-0.2, -0.15) is 0 Å². The molecule has 2 heteroatoms. The van der Waals surface area contributed by atoms with E-state index in [-0.39, 0.29) is 10.8 Å². The summed E-state index contributed by atoms with van der Waals surface area (Å²) in [7, 11) is 0. The molecule has 2 aliphatic rings. The zero-order valence-corrected chi connectivity index (χ0v) is 12.7. The molecular formula is C16H26O2. The molecule has 0 aromatic carbocycles. The van der Waals surface area contributed by atoms with Crippen LogP contribution in [0.25, 0.3) is 0 Å². The quantitative estimate of drug-likeness (QED) is 0.718. The molecule has 1 aliphatic carbocycles. The second-order valence-corrected chi connectivity index (χ2v) is 7.61. The second kappa shape index (κ2) is 3.49. The van der Waals surface area contributed by atoms with Crippen molar-refractivity contribution in [3.8, 4) is 0 Å². The van der Waals surface area contributed by atoms with Crippen LogP contribution >= 0.6 is 0 Å². The van der Waals surface area contributed by atoms with Gasteiger partial charge in [0.25, 0.3) is 0 Å². The van der Waals surface area contributed by atoms with Crippen LogP contribution in [-0.4, -0.2) is 16.5 Å². The minimum Gasteiger partial charge on any atom is -0.359 e. The van der Waals surface area contributed by atoms with Gasteiger partial charge in [0.15, 0.2) is 5.60 Å². The third-order valence-corrected chi connectivity index (χ3v) is 4.18.